The normalized spacial score (nSPS) is 16.2. The van der Waals surface area contributed by atoms with Gasteiger partial charge in [0.15, 0.2) is 0 Å². The lowest BCUT2D eigenvalue weighted by atomic mass is 9.86. The van der Waals surface area contributed by atoms with E-state index in [0.29, 0.717) is 18.8 Å². The topological polar surface area (TPSA) is 75.7 Å². The van der Waals surface area contributed by atoms with Crippen LogP contribution in [0.1, 0.15) is 68.1 Å². The summed E-state index contributed by atoms with van der Waals surface area (Å²) in [5, 5.41) is 2.97. The number of rotatable bonds is 6. The second-order valence-electron chi connectivity index (χ2n) is 9.04. The van der Waals surface area contributed by atoms with Crippen LogP contribution in [0.25, 0.3) is 0 Å². The van der Waals surface area contributed by atoms with Crippen LogP contribution in [-0.2, 0) is 15.4 Å². The first kappa shape index (κ1) is 23.3. The van der Waals surface area contributed by atoms with Crippen LogP contribution in [0.15, 0.2) is 47.4 Å². The van der Waals surface area contributed by atoms with Crippen LogP contribution in [-0.4, -0.2) is 38.8 Å². The van der Waals surface area contributed by atoms with E-state index in [4.69, 9.17) is 4.74 Å². The fourth-order valence-electron chi connectivity index (χ4n) is 3.73. The molecule has 0 spiro atoms. The monoisotopic (exact) mass is 444 g/mol. The van der Waals surface area contributed by atoms with E-state index in [1.807, 2.05) is 19.1 Å². The van der Waals surface area contributed by atoms with Gasteiger partial charge < -0.3 is 10.1 Å². The lowest BCUT2D eigenvalue weighted by molar-refractivity contribution is 0.0936. The molecular weight excluding hydrogens is 412 g/mol. The first-order valence-corrected chi connectivity index (χ1v) is 12.1. The van der Waals surface area contributed by atoms with Crippen LogP contribution in [0.5, 0.6) is 5.75 Å². The molecule has 3 rings (SSSR count). The third kappa shape index (κ3) is 5.10. The third-order valence-corrected chi connectivity index (χ3v) is 7.64. The zero-order valence-corrected chi connectivity index (χ0v) is 19.8. The molecule has 0 radical (unpaired) electrons. The molecular formula is C24H32N2O4S. The lowest BCUT2D eigenvalue weighted by Crippen LogP contribution is -2.29. The van der Waals surface area contributed by atoms with Gasteiger partial charge in [-0.25, -0.2) is 8.42 Å². The summed E-state index contributed by atoms with van der Waals surface area (Å²) < 4.78 is 32.6. The highest BCUT2D eigenvalue weighted by molar-refractivity contribution is 7.89. The van der Waals surface area contributed by atoms with Crippen molar-refractivity contribution in [1.29, 1.82) is 0 Å². The van der Waals surface area contributed by atoms with Crippen LogP contribution >= 0.6 is 0 Å². The van der Waals surface area contributed by atoms with Crippen molar-refractivity contribution in [2.45, 2.75) is 56.9 Å². The third-order valence-electron chi connectivity index (χ3n) is 5.74. The second-order valence-corrected chi connectivity index (χ2v) is 11.0. The smallest absolute Gasteiger partial charge is 0.255 e. The number of nitrogens with one attached hydrogen (secondary N) is 1. The standard InChI is InChI=1S/C24H32N2O4S/c1-17(18-8-10-19(11-9-18)24(2,3)4)25-23(27)21-16-20(12-13-22(21)30-5)31(28,29)26-14-6-7-15-26/h8-13,16-17H,6-7,14-15H2,1-5H3,(H,25,27)/t17-/m1/s1. The predicted molar refractivity (Wildman–Crippen MR) is 122 cm³/mol. The number of hydrogen-bond donors (Lipinski definition) is 1. The second kappa shape index (κ2) is 9.01. The molecule has 6 nitrogen and oxygen atoms in total. The molecule has 0 aromatic heterocycles. The van der Waals surface area contributed by atoms with E-state index in [2.05, 4.69) is 38.2 Å². The summed E-state index contributed by atoms with van der Waals surface area (Å²) >= 11 is 0. The van der Waals surface area contributed by atoms with Crippen molar-refractivity contribution in [3.05, 3.63) is 59.2 Å². The van der Waals surface area contributed by atoms with Crippen molar-refractivity contribution < 1.29 is 17.9 Å². The van der Waals surface area contributed by atoms with Gasteiger partial charge in [-0.2, -0.15) is 4.31 Å². The van der Waals surface area contributed by atoms with Crippen LogP contribution in [0, 0.1) is 0 Å². The molecule has 0 saturated carbocycles. The van der Waals surface area contributed by atoms with Gasteiger partial charge in [0.2, 0.25) is 10.0 Å². The van der Waals surface area contributed by atoms with E-state index in [1.165, 1.54) is 29.1 Å². The molecule has 1 saturated heterocycles. The number of ether oxygens (including phenoxy) is 1. The number of carbonyl (C=O) groups is 1. The Hall–Kier alpha value is -2.38. The largest absolute Gasteiger partial charge is 0.496 e. The first-order valence-electron chi connectivity index (χ1n) is 10.6. The van der Waals surface area contributed by atoms with Gasteiger partial charge in [0.1, 0.15) is 5.75 Å². The summed E-state index contributed by atoms with van der Waals surface area (Å²) in [5.41, 5.74) is 2.46. The summed E-state index contributed by atoms with van der Waals surface area (Å²) in [6, 6.07) is 12.4. The van der Waals surface area contributed by atoms with Gasteiger partial charge in [0.25, 0.3) is 5.91 Å². The van der Waals surface area contributed by atoms with E-state index in [0.717, 1.165) is 18.4 Å². The van der Waals surface area contributed by atoms with E-state index in [9.17, 15) is 13.2 Å². The first-order chi connectivity index (χ1) is 14.5. The molecule has 0 bridgehead atoms. The Bertz CT molecular complexity index is 1030. The van der Waals surface area contributed by atoms with Gasteiger partial charge in [0, 0.05) is 13.1 Å². The molecule has 1 fully saturated rings. The molecule has 1 N–H and O–H groups in total. The zero-order valence-electron chi connectivity index (χ0n) is 18.9. The van der Waals surface area contributed by atoms with E-state index in [-0.39, 0.29) is 27.8 Å². The van der Waals surface area contributed by atoms with Crippen molar-refractivity contribution in [3.63, 3.8) is 0 Å². The van der Waals surface area contributed by atoms with Gasteiger partial charge in [0.05, 0.1) is 23.6 Å². The van der Waals surface area contributed by atoms with Gasteiger partial charge >= 0.3 is 0 Å². The van der Waals surface area contributed by atoms with Crippen molar-refractivity contribution in [3.8, 4) is 5.75 Å². The predicted octanol–water partition coefficient (Wildman–Crippen LogP) is 4.27. The highest BCUT2D eigenvalue weighted by Crippen LogP contribution is 2.28. The van der Waals surface area contributed by atoms with Gasteiger partial charge in [-0.05, 0) is 54.5 Å². The molecule has 0 aliphatic carbocycles. The highest BCUT2D eigenvalue weighted by atomic mass is 32.2. The fraction of sp³-hybridized carbons (Fsp3) is 0.458. The molecule has 7 heteroatoms. The van der Waals surface area contributed by atoms with Crippen LogP contribution < -0.4 is 10.1 Å². The number of carbonyl (C=O) groups excluding carboxylic acids is 1. The van der Waals surface area contributed by atoms with E-state index < -0.39 is 10.0 Å². The lowest BCUT2D eigenvalue weighted by Gasteiger charge is -2.21. The number of nitrogens with zero attached hydrogens (tertiary/aromatic N) is 1. The van der Waals surface area contributed by atoms with Crippen LogP contribution in [0.4, 0.5) is 0 Å². The Morgan fingerprint density at radius 1 is 1.06 bits per heavy atom. The van der Waals surface area contributed by atoms with Crippen molar-refractivity contribution in [2.75, 3.05) is 20.2 Å². The Balaban J connectivity index is 1.83. The minimum absolute atomic E-state index is 0.0552. The van der Waals surface area contributed by atoms with Crippen LogP contribution in [0.2, 0.25) is 0 Å². The molecule has 1 amide bonds. The van der Waals surface area contributed by atoms with E-state index in [1.54, 1.807) is 6.07 Å². The number of benzene rings is 2. The maximum Gasteiger partial charge on any atom is 0.255 e. The van der Waals surface area contributed by atoms with Gasteiger partial charge in [-0.1, -0.05) is 45.0 Å². The average Bonchev–Trinajstić information content (AvgIpc) is 3.28. The fourth-order valence-corrected chi connectivity index (χ4v) is 5.28. The van der Waals surface area contributed by atoms with Crippen LogP contribution in [0.3, 0.4) is 0 Å². The van der Waals surface area contributed by atoms with Crippen molar-refractivity contribution in [2.24, 2.45) is 0 Å². The molecule has 1 atom stereocenters. The quantitative estimate of drug-likeness (QED) is 0.722. The maximum absolute atomic E-state index is 13.0. The molecule has 168 valence electrons. The summed E-state index contributed by atoms with van der Waals surface area (Å²) in [6.45, 7) is 9.39. The minimum atomic E-state index is -3.62. The SMILES string of the molecule is COc1ccc(S(=O)(=O)N2CCCC2)cc1C(=O)N[C@H](C)c1ccc(C(C)(C)C)cc1. The molecule has 2 aromatic rings. The minimum Gasteiger partial charge on any atom is -0.496 e. The zero-order chi connectivity index (χ0) is 22.8. The number of hydrogen-bond acceptors (Lipinski definition) is 4. The average molecular weight is 445 g/mol. The summed E-state index contributed by atoms with van der Waals surface area (Å²) in [4.78, 5) is 13.1. The Kier molecular flexibility index (Phi) is 6.76. The summed E-state index contributed by atoms with van der Waals surface area (Å²) in [6.07, 6.45) is 1.71. The maximum atomic E-state index is 13.0. The van der Waals surface area contributed by atoms with Gasteiger partial charge in [-0.15, -0.1) is 0 Å². The van der Waals surface area contributed by atoms with Crippen molar-refractivity contribution in [1.82, 2.24) is 9.62 Å². The molecule has 1 aliphatic rings. The van der Waals surface area contributed by atoms with Crippen molar-refractivity contribution >= 4 is 15.9 Å². The summed E-state index contributed by atoms with van der Waals surface area (Å²) in [7, 11) is -2.15. The Morgan fingerprint density at radius 3 is 2.23 bits per heavy atom. The molecule has 1 aliphatic heterocycles. The number of sulfonamides is 1. The van der Waals surface area contributed by atoms with Gasteiger partial charge in [-0.3, -0.25) is 4.79 Å². The number of methoxy groups -OCH3 is 1. The summed E-state index contributed by atoms with van der Waals surface area (Å²) in [5.74, 6) is -0.0316. The Morgan fingerprint density at radius 2 is 1.68 bits per heavy atom. The highest BCUT2D eigenvalue weighted by Gasteiger charge is 2.29. The van der Waals surface area contributed by atoms with E-state index >= 15 is 0 Å². The number of amides is 1. The molecule has 31 heavy (non-hydrogen) atoms. The molecule has 1 heterocycles. The Labute approximate surface area is 185 Å². The molecule has 2 aromatic carbocycles. The molecule has 0 unspecified atom stereocenters.